The molecule has 0 aromatic rings. The molecule has 122 valence electrons. The largest absolute Gasteiger partial charge is 0.375 e. The van der Waals surface area contributed by atoms with E-state index in [1.165, 1.54) is 17.1 Å². The maximum absolute atomic E-state index is 11.5. The minimum absolute atomic E-state index is 0.260. The molecule has 0 saturated carbocycles. The van der Waals surface area contributed by atoms with Crippen LogP contribution in [0.5, 0.6) is 0 Å². The molecule has 5 nitrogen and oxygen atoms in total. The van der Waals surface area contributed by atoms with Gasteiger partial charge in [-0.15, -0.1) is 6.42 Å². The van der Waals surface area contributed by atoms with Gasteiger partial charge in [0.2, 0.25) is 0 Å². The lowest BCUT2D eigenvalue weighted by Gasteiger charge is -2.30. The normalized spacial score (nSPS) is 15.5. The summed E-state index contributed by atoms with van der Waals surface area (Å²) in [5.41, 5.74) is -0.765. The third kappa shape index (κ3) is 6.00. The quantitative estimate of drug-likeness (QED) is 0.482. The Morgan fingerprint density at radius 3 is 2.14 bits per heavy atom. The van der Waals surface area contributed by atoms with E-state index in [-0.39, 0.29) is 24.0 Å². The van der Waals surface area contributed by atoms with Crippen molar-refractivity contribution in [1.29, 1.82) is 0 Å². The minimum Gasteiger partial charge on any atom is -0.375 e. The molecule has 0 aromatic heterocycles. The van der Waals surface area contributed by atoms with Crippen LogP contribution in [0.1, 0.15) is 40.5 Å². The summed E-state index contributed by atoms with van der Waals surface area (Å²) in [6.45, 7) is 8.98. The minimum atomic E-state index is -0.425. The van der Waals surface area contributed by atoms with Crippen LogP contribution in [0.15, 0.2) is 12.2 Å². The monoisotopic (exact) mass is 307 g/mol. The van der Waals surface area contributed by atoms with Crippen molar-refractivity contribution >= 4 is 11.8 Å². The third-order valence-corrected chi connectivity index (χ3v) is 3.58. The van der Waals surface area contributed by atoms with Crippen molar-refractivity contribution in [2.75, 3.05) is 19.8 Å². The number of ether oxygens (including phenoxy) is 2. The van der Waals surface area contributed by atoms with Crippen molar-refractivity contribution in [1.82, 2.24) is 4.90 Å². The lowest BCUT2D eigenvalue weighted by molar-refractivity contribution is -0.137. The van der Waals surface area contributed by atoms with E-state index >= 15 is 0 Å². The van der Waals surface area contributed by atoms with Gasteiger partial charge in [-0.3, -0.25) is 14.5 Å². The number of carbonyl (C=O) groups is 2. The van der Waals surface area contributed by atoms with Gasteiger partial charge in [0.25, 0.3) is 11.8 Å². The maximum atomic E-state index is 11.5. The van der Waals surface area contributed by atoms with Gasteiger partial charge < -0.3 is 9.47 Å². The molecule has 0 unspecified atom stereocenters. The molecule has 0 bridgehead atoms. The van der Waals surface area contributed by atoms with Crippen molar-refractivity contribution in [3.05, 3.63) is 12.2 Å². The zero-order valence-electron chi connectivity index (χ0n) is 13.8. The Kier molecular flexibility index (Phi) is 6.34. The van der Waals surface area contributed by atoms with E-state index in [1.54, 1.807) is 0 Å². The highest BCUT2D eigenvalue weighted by Gasteiger charge is 2.27. The predicted molar refractivity (Wildman–Crippen MR) is 84.0 cm³/mol. The molecule has 2 amide bonds. The summed E-state index contributed by atoms with van der Waals surface area (Å²) < 4.78 is 11.4. The molecule has 0 atom stereocenters. The molecule has 1 heterocycles. The van der Waals surface area contributed by atoms with Crippen molar-refractivity contribution in [3.8, 4) is 12.3 Å². The standard InChI is InChI=1S/C17H25NO4/c1-6-12-21-17(4,5)10-13-22-16(2,3)9-11-18-14(19)7-8-15(18)20/h1,7-8H,9-13H2,2-5H3. The summed E-state index contributed by atoms with van der Waals surface area (Å²) in [4.78, 5) is 24.2. The topological polar surface area (TPSA) is 55.8 Å². The molecular weight excluding hydrogens is 282 g/mol. The second-order valence-electron chi connectivity index (χ2n) is 6.52. The average Bonchev–Trinajstić information content (AvgIpc) is 2.73. The smallest absolute Gasteiger partial charge is 0.253 e. The number of amides is 2. The molecule has 0 spiro atoms. The Hall–Kier alpha value is -1.64. The van der Waals surface area contributed by atoms with E-state index in [2.05, 4.69) is 5.92 Å². The Balaban J connectivity index is 2.33. The zero-order valence-corrected chi connectivity index (χ0v) is 13.8. The van der Waals surface area contributed by atoms with E-state index < -0.39 is 5.60 Å². The van der Waals surface area contributed by atoms with Gasteiger partial charge >= 0.3 is 0 Å². The summed E-state index contributed by atoms with van der Waals surface area (Å²) >= 11 is 0. The van der Waals surface area contributed by atoms with Crippen LogP contribution in [-0.2, 0) is 19.1 Å². The first-order chi connectivity index (χ1) is 10.2. The van der Waals surface area contributed by atoms with Crippen LogP contribution >= 0.6 is 0 Å². The van der Waals surface area contributed by atoms with Crippen LogP contribution in [0.25, 0.3) is 0 Å². The van der Waals surface area contributed by atoms with Gasteiger partial charge in [0, 0.05) is 18.7 Å². The molecular formula is C17H25NO4. The fourth-order valence-corrected chi connectivity index (χ4v) is 1.99. The average molecular weight is 307 g/mol. The Labute approximate surface area is 132 Å². The van der Waals surface area contributed by atoms with Gasteiger partial charge in [0.1, 0.15) is 6.61 Å². The molecule has 1 rings (SSSR count). The van der Waals surface area contributed by atoms with E-state index in [9.17, 15) is 9.59 Å². The van der Waals surface area contributed by atoms with Gasteiger partial charge in [-0.25, -0.2) is 0 Å². The number of imide groups is 1. The van der Waals surface area contributed by atoms with Crippen LogP contribution in [0.4, 0.5) is 0 Å². The van der Waals surface area contributed by atoms with E-state index in [0.29, 0.717) is 26.0 Å². The number of terminal acetylenes is 1. The summed E-state index contributed by atoms with van der Waals surface area (Å²) in [7, 11) is 0. The number of carbonyl (C=O) groups excluding carboxylic acids is 2. The van der Waals surface area contributed by atoms with Crippen LogP contribution in [0.3, 0.4) is 0 Å². The van der Waals surface area contributed by atoms with Crippen LogP contribution < -0.4 is 0 Å². The number of rotatable bonds is 9. The molecule has 0 N–H and O–H groups in total. The van der Waals surface area contributed by atoms with Gasteiger partial charge in [0.05, 0.1) is 17.8 Å². The van der Waals surface area contributed by atoms with Crippen molar-refractivity contribution in [3.63, 3.8) is 0 Å². The Bertz CT molecular complexity index is 467. The lowest BCUT2D eigenvalue weighted by atomic mass is 10.0. The SMILES string of the molecule is C#CCOC(C)(C)CCOC(C)(C)CCN1C(=O)C=CC1=O. The number of hydrogen-bond acceptors (Lipinski definition) is 4. The lowest BCUT2D eigenvalue weighted by Crippen LogP contribution is -2.37. The highest BCUT2D eigenvalue weighted by Crippen LogP contribution is 2.20. The van der Waals surface area contributed by atoms with Crippen LogP contribution in [-0.4, -0.2) is 47.7 Å². The molecule has 0 saturated heterocycles. The van der Waals surface area contributed by atoms with Gasteiger partial charge in [-0.2, -0.15) is 0 Å². The van der Waals surface area contributed by atoms with E-state index in [4.69, 9.17) is 15.9 Å². The van der Waals surface area contributed by atoms with Crippen molar-refractivity contribution in [2.24, 2.45) is 0 Å². The predicted octanol–water partition coefficient (Wildman–Crippen LogP) is 1.92. The second kappa shape index (κ2) is 7.57. The zero-order chi connectivity index (χ0) is 16.8. The van der Waals surface area contributed by atoms with E-state index in [0.717, 1.165) is 0 Å². The summed E-state index contributed by atoms with van der Waals surface area (Å²) in [6, 6.07) is 0. The summed E-state index contributed by atoms with van der Waals surface area (Å²) in [5.74, 6) is 1.93. The molecule has 1 aliphatic rings. The first-order valence-corrected chi connectivity index (χ1v) is 7.42. The molecule has 0 aliphatic carbocycles. The van der Waals surface area contributed by atoms with Gasteiger partial charge in [-0.1, -0.05) is 5.92 Å². The fraction of sp³-hybridized carbons (Fsp3) is 0.647. The summed E-state index contributed by atoms with van der Waals surface area (Å²) in [6.07, 6.45) is 9.06. The van der Waals surface area contributed by atoms with Gasteiger partial charge in [-0.05, 0) is 40.5 Å². The molecule has 0 fully saturated rings. The highest BCUT2D eigenvalue weighted by molar-refractivity contribution is 6.12. The molecule has 0 radical (unpaired) electrons. The first kappa shape index (κ1) is 18.4. The Morgan fingerprint density at radius 2 is 1.59 bits per heavy atom. The molecule has 5 heteroatoms. The second-order valence-corrected chi connectivity index (χ2v) is 6.52. The molecule has 1 aliphatic heterocycles. The Morgan fingerprint density at radius 1 is 1.05 bits per heavy atom. The number of nitrogens with zero attached hydrogens (tertiary/aromatic N) is 1. The highest BCUT2D eigenvalue weighted by atomic mass is 16.5. The molecule has 22 heavy (non-hydrogen) atoms. The third-order valence-electron chi connectivity index (χ3n) is 3.58. The van der Waals surface area contributed by atoms with Gasteiger partial charge in [0.15, 0.2) is 0 Å². The van der Waals surface area contributed by atoms with Crippen LogP contribution in [0.2, 0.25) is 0 Å². The number of hydrogen-bond donors (Lipinski definition) is 0. The maximum Gasteiger partial charge on any atom is 0.253 e. The molecule has 0 aromatic carbocycles. The van der Waals surface area contributed by atoms with Crippen molar-refractivity contribution in [2.45, 2.75) is 51.7 Å². The van der Waals surface area contributed by atoms with Crippen molar-refractivity contribution < 1.29 is 19.1 Å². The fourth-order valence-electron chi connectivity index (χ4n) is 1.99. The van der Waals surface area contributed by atoms with E-state index in [1.807, 2.05) is 27.7 Å². The first-order valence-electron chi connectivity index (χ1n) is 7.42. The summed E-state index contributed by atoms with van der Waals surface area (Å²) in [5, 5.41) is 0. The van der Waals surface area contributed by atoms with Crippen LogP contribution in [0, 0.1) is 12.3 Å².